The zero-order valence-electron chi connectivity index (χ0n) is 16.6. The Morgan fingerprint density at radius 3 is 2.59 bits per heavy atom. The Hall–Kier alpha value is -2.64. The topological polar surface area (TPSA) is 48.3 Å². The quantitative estimate of drug-likeness (QED) is 0.584. The fraction of sp³-hybridized carbons (Fsp3) is 0.286. The summed E-state index contributed by atoms with van der Waals surface area (Å²) in [6.45, 7) is 4.28. The lowest BCUT2D eigenvalue weighted by Crippen LogP contribution is -2.19. The van der Waals surface area contributed by atoms with Gasteiger partial charge in [-0.25, -0.2) is 13.5 Å². The predicted molar refractivity (Wildman–Crippen MR) is 108 cm³/mol. The molecule has 0 bridgehead atoms. The fourth-order valence-corrected chi connectivity index (χ4v) is 3.48. The molecular weight excluding hydrogens is 400 g/mol. The molecule has 0 amide bonds. The highest BCUT2D eigenvalue weighted by atomic mass is 35.5. The highest BCUT2D eigenvalue weighted by Gasteiger charge is 2.18. The summed E-state index contributed by atoms with van der Waals surface area (Å²) in [4.78, 5) is 0. The van der Waals surface area contributed by atoms with Crippen LogP contribution in [0.5, 0.6) is 11.5 Å². The van der Waals surface area contributed by atoms with Crippen molar-refractivity contribution < 1.29 is 18.3 Å². The Balaban J connectivity index is 1.82. The van der Waals surface area contributed by atoms with Gasteiger partial charge in [0, 0.05) is 46.6 Å². The van der Waals surface area contributed by atoms with Gasteiger partial charge in [0.2, 0.25) is 0 Å². The second-order valence-corrected chi connectivity index (χ2v) is 7.03. The van der Waals surface area contributed by atoms with Gasteiger partial charge in [-0.3, -0.25) is 0 Å². The third-order valence-corrected chi connectivity index (χ3v) is 4.99. The minimum absolute atomic E-state index is 0.0954. The van der Waals surface area contributed by atoms with E-state index in [1.807, 2.05) is 19.9 Å². The summed E-state index contributed by atoms with van der Waals surface area (Å²) in [6.07, 6.45) is 1.67. The normalized spacial score (nSPS) is 12.1. The second kappa shape index (κ2) is 8.80. The van der Waals surface area contributed by atoms with Crippen LogP contribution < -0.4 is 14.8 Å². The van der Waals surface area contributed by atoms with E-state index >= 15 is 0 Å². The molecular formula is C21H22ClF2N3O2. The maximum Gasteiger partial charge on any atom is 0.165 e. The van der Waals surface area contributed by atoms with E-state index in [0.29, 0.717) is 23.1 Å². The van der Waals surface area contributed by atoms with Crippen molar-refractivity contribution in [3.05, 3.63) is 70.0 Å². The van der Waals surface area contributed by atoms with Crippen molar-refractivity contribution in [1.29, 1.82) is 0 Å². The van der Waals surface area contributed by atoms with E-state index in [9.17, 15) is 8.78 Å². The molecule has 5 nitrogen and oxygen atoms in total. The number of ether oxygens (including phenoxy) is 2. The first-order chi connectivity index (χ1) is 13.8. The van der Waals surface area contributed by atoms with Crippen LogP contribution in [0.4, 0.5) is 8.78 Å². The van der Waals surface area contributed by atoms with Gasteiger partial charge < -0.3 is 14.8 Å². The summed E-state index contributed by atoms with van der Waals surface area (Å²) < 4.78 is 39.6. The Bertz CT molecular complexity index is 1020. The minimum Gasteiger partial charge on any atom is -0.493 e. The largest absolute Gasteiger partial charge is 0.493 e. The van der Waals surface area contributed by atoms with Crippen LogP contribution in [0.15, 0.2) is 36.5 Å². The molecule has 1 aromatic heterocycles. The molecule has 0 radical (unpaired) electrons. The van der Waals surface area contributed by atoms with E-state index in [4.69, 9.17) is 21.1 Å². The summed E-state index contributed by atoms with van der Waals surface area (Å²) in [5, 5.41) is 8.22. The second-order valence-electron chi connectivity index (χ2n) is 6.60. The number of hydrogen-bond acceptors (Lipinski definition) is 4. The van der Waals surface area contributed by atoms with Crippen molar-refractivity contribution in [2.45, 2.75) is 26.4 Å². The first-order valence-electron chi connectivity index (χ1n) is 8.99. The molecule has 3 rings (SSSR count). The van der Waals surface area contributed by atoms with E-state index < -0.39 is 11.6 Å². The molecule has 0 unspecified atom stereocenters. The maximum atomic E-state index is 14.1. The molecule has 1 atom stereocenters. The Kier molecular flexibility index (Phi) is 6.39. The molecule has 8 heteroatoms. The summed E-state index contributed by atoms with van der Waals surface area (Å²) in [7, 11) is 3.13. The molecule has 1 heterocycles. The average molecular weight is 422 g/mol. The van der Waals surface area contributed by atoms with Crippen molar-refractivity contribution in [1.82, 2.24) is 15.1 Å². The van der Waals surface area contributed by atoms with Gasteiger partial charge in [-0.1, -0.05) is 11.6 Å². The number of hydrogen-bond donors (Lipinski definition) is 1. The monoisotopic (exact) mass is 421 g/mol. The van der Waals surface area contributed by atoms with Crippen LogP contribution in [-0.2, 0) is 6.54 Å². The molecule has 154 valence electrons. The van der Waals surface area contributed by atoms with Crippen LogP contribution in [0.2, 0.25) is 5.02 Å². The zero-order valence-corrected chi connectivity index (χ0v) is 17.3. The van der Waals surface area contributed by atoms with E-state index in [2.05, 4.69) is 10.4 Å². The molecule has 3 aromatic rings. The lowest BCUT2D eigenvalue weighted by Gasteiger charge is -2.17. The van der Waals surface area contributed by atoms with Crippen molar-refractivity contribution >= 4 is 11.6 Å². The van der Waals surface area contributed by atoms with Crippen LogP contribution in [0.25, 0.3) is 5.69 Å². The highest BCUT2D eigenvalue weighted by Crippen LogP contribution is 2.34. The summed E-state index contributed by atoms with van der Waals surface area (Å²) in [5.74, 6) is -0.131. The Morgan fingerprint density at radius 1 is 1.17 bits per heavy atom. The number of nitrogens with zero attached hydrogens (tertiary/aromatic N) is 2. The van der Waals surface area contributed by atoms with E-state index in [-0.39, 0.29) is 11.7 Å². The first-order valence-corrected chi connectivity index (χ1v) is 9.37. The number of aromatic nitrogens is 2. The minimum atomic E-state index is -0.667. The van der Waals surface area contributed by atoms with E-state index in [1.165, 1.54) is 16.8 Å². The molecule has 0 aliphatic carbocycles. The zero-order chi connectivity index (χ0) is 21.1. The van der Waals surface area contributed by atoms with Gasteiger partial charge in [0.1, 0.15) is 11.5 Å². The van der Waals surface area contributed by atoms with Gasteiger partial charge in [0.05, 0.1) is 20.4 Å². The molecule has 1 N–H and O–H groups in total. The van der Waals surface area contributed by atoms with Gasteiger partial charge in [-0.15, -0.1) is 0 Å². The van der Waals surface area contributed by atoms with E-state index in [1.54, 1.807) is 26.5 Å². The predicted octanol–water partition coefficient (Wildman–Crippen LogP) is 4.98. The maximum absolute atomic E-state index is 14.1. The smallest absolute Gasteiger partial charge is 0.165 e. The molecule has 0 saturated heterocycles. The standard InChI is InChI=1S/C21H22ClF2N3O2/c1-12(25-10-14-7-15(22)8-20(28-3)21(14)29-4)17-11-26-27(13(17)2)19-6-5-16(23)9-18(19)24/h5-9,11-12,25H,10H2,1-4H3/t12-/m1/s1. The molecule has 29 heavy (non-hydrogen) atoms. The van der Waals surface area contributed by atoms with Crippen LogP contribution in [0, 0.1) is 18.6 Å². The third-order valence-electron chi connectivity index (χ3n) is 4.77. The molecule has 0 fully saturated rings. The third kappa shape index (κ3) is 4.36. The van der Waals surface area contributed by atoms with Crippen LogP contribution in [0.1, 0.15) is 29.8 Å². The van der Waals surface area contributed by atoms with E-state index in [0.717, 1.165) is 22.9 Å². The SMILES string of the molecule is COc1cc(Cl)cc(CN[C@H](C)c2cnn(-c3ccc(F)cc3F)c2C)c1OC. The number of benzene rings is 2. The Morgan fingerprint density at radius 2 is 1.93 bits per heavy atom. The van der Waals surface area contributed by atoms with Gasteiger partial charge in [-0.2, -0.15) is 5.10 Å². The molecule has 0 spiro atoms. The van der Waals surface area contributed by atoms with Crippen molar-refractivity contribution in [2.24, 2.45) is 0 Å². The van der Waals surface area contributed by atoms with Crippen molar-refractivity contribution in [2.75, 3.05) is 14.2 Å². The van der Waals surface area contributed by atoms with Crippen LogP contribution >= 0.6 is 11.6 Å². The number of methoxy groups -OCH3 is 2. The van der Waals surface area contributed by atoms with Gasteiger partial charge in [-0.05, 0) is 32.0 Å². The lowest BCUT2D eigenvalue weighted by molar-refractivity contribution is 0.350. The van der Waals surface area contributed by atoms with Crippen molar-refractivity contribution in [3.63, 3.8) is 0 Å². The van der Waals surface area contributed by atoms with Gasteiger partial charge in [0.15, 0.2) is 17.3 Å². The van der Waals surface area contributed by atoms with Gasteiger partial charge >= 0.3 is 0 Å². The fourth-order valence-electron chi connectivity index (χ4n) is 3.25. The highest BCUT2D eigenvalue weighted by molar-refractivity contribution is 6.30. The number of halogens is 3. The van der Waals surface area contributed by atoms with Crippen molar-refractivity contribution in [3.8, 4) is 17.2 Å². The average Bonchev–Trinajstić information content (AvgIpc) is 3.06. The molecule has 0 saturated carbocycles. The van der Waals surface area contributed by atoms with Crippen LogP contribution in [0.3, 0.4) is 0 Å². The van der Waals surface area contributed by atoms with Gasteiger partial charge in [0.25, 0.3) is 0 Å². The Labute approximate surface area is 173 Å². The summed E-state index contributed by atoms with van der Waals surface area (Å²) in [6, 6.07) is 6.83. The molecule has 2 aromatic carbocycles. The lowest BCUT2D eigenvalue weighted by atomic mass is 10.1. The molecule has 0 aliphatic rings. The summed E-state index contributed by atoms with van der Waals surface area (Å²) >= 11 is 6.17. The first kappa shape index (κ1) is 21.1. The van der Waals surface area contributed by atoms with Crippen LogP contribution in [-0.4, -0.2) is 24.0 Å². The summed E-state index contributed by atoms with van der Waals surface area (Å²) in [5.41, 5.74) is 2.69. The number of nitrogens with one attached hydrogen (secondary N) is 1. The molecule has 0 aliphatic heterocycles. The number of rotatable bonds is 7.